The number of amides is 1. The molecule has 13 heteroatoms. The van der Waals surface area contributed by atoms with Crippen molar-refractivity contribution in [1.29, 1.82) is 0 Å². The molecule has 13 nitrogen and oxygen atoms in total. The highest BCUT2D eigenvalue weighted by Crippen LogP contribution is 2.23. The van der Waals surface area contributed by atoms with Gasteiger partial charge in [-0.2, -0.15) is 4.98 Å². The van der Waals surface area contributed by atoms with E-state index in [9.17, 15) is 24.5 Å². The fraction of sp³-hybridized carbons (Fsp3) is 0.321. The molecule has 1 amide bonds. The number of rotatable bonds is 11. The van der Waals surface area contributed by atoms with Gasteiger partial charge in [0.1, 0.15) is 0 Å². The largest absolute Gasteiger partial charge is 0.478 e. The number of non-ortho nitro benzene ring substituents is 1. The van der Waals surface area contributed by atoms with E-state index in [2.05, 4.69) is 44.6 Å². The van der Waals surface area contributed by atoms with Crippen LogP contribution in [0.25, 0.3) is 11.5 Å². The van der Waals surface area contributed by atoms with Crippen molar-refractivity contribution in [3.05, 3.63) is 88.3 Å². The highest BCUT2D eigenvalue weighted by Gasteiger charge is 2.20. The fourth-order valence-corrected chi connectivity index (χ4v) is 4.25. The Hall–Kier alpha value is -4.91. The lowest BCUT2D eigenvalue weighted by molar-refractivity contribution is -0.384. The number of carboxylic acids is 2. The molecule has 0 saturated carbocycles. The third-order valence-electron chi connectivity index (χ3n) is 6.35. The molecule has 1 aliphatic rings. The van der Waals surface area contributed by atoms with E-state index in [-0.39, 0.29) is 23.3 Å². The van der Waals surface area contributed by atoms with Crippen LogP contribution in [0.15, 0.2) is 71.3 Å². The summed E-state index contributed by atoms with van der Waals surface area (Å²) in [4.78, 5) is 48.3. The molecule has 0 spiro atoms. The Bertz CT molecular complexity index is 1320. The Morgan fingerprint density at radius 3 is 2.24 bits per heavy atom. The molecule has 2 heterocycles. The Morgan fingerprint density at radius 1 is 1.02 bits per heavy atom. The number of nitro groups is 1. The maximum Gasteiger partial charge on any atom is 0.328 e. The van der Waals surface area contributed by atoms with Crippen LogP contribution >= 0.6 is 0 Å². The summed E-state index contributed by atoms with van der Waals surface area (Å²) < 4.78 is 5.13. The van der Waals surface area contributed by atoms with Crippen LogP contribution in [0.4, 0.5) is 5.69 Å². The highest BCUT2D eigenvalue weighted by molar-refractivity contribution is 5.90. The van der Waals surface area contributed by atoms with Crippen LogP contribution in [0.1, 0.15) is 41.9 Å². The summed E-state index contributed by atoms with van der Waals surface area (Å²) in [6, 6.07) is 16.3. The first-order valence-electron chi connectivity index (χ1n) is 13.0. The molecule has 41 heavy (non-hydrogen) atoms. The molecule has 1 aromatic heterocycles. The van der Waals surface area contributed by atoms with Crippen LogP contribution in [0.5, 0.6) is 0 Å². The van der Waals surface area contributed by atoms with Crippen molar-refractivity contribution < 1.29 is 34.0 Å². The van der Waals surface area contributed by atoms with E-state index in [4.69, 9.17) is 14.7 Å². The molecule has 0 radical (unpaired) electrons. The number of hydrogen-bond donors (Lipinski definition) is 3. The third kappa shape index (κ3) is 10.6. The van der Waals surface area contributed by atoms with Gasteiger partial charge in [-0.1, -0.05) is 35.5 Å². The summed E-state index contributed by atoms with van der Waals surface area (Å²) in [5, 5.41) is 32.9. The predicted octanol–water partition coefficient (Wildman–Crippen LogP) is 3.78. The number of aromatic nitrogens is 2. The monoisotopic (exact) mass is 565 g/mol. The van der Waals surface area contributed by atoms with Crippen molar-refractivity contribution in [1.82, 2.24) is 20.4 Å². The van der Waals surface area contributed by atoms with Crippen molar-refractivity contribution in [2.24, 2.45) is 5.92 Å². The zero-order valence-corrected chi connectivity index (χ0v) is 22.2. The molecule has 4 rings (SSSR count). The molecule has 0 aliphatic carbocycles. The van der Waals surface area contributed by atoms with Crippen LogP contribution in [0.3, 0.4) is 0 Å². The van der Waals surface area contributed by atoms with Gasteiger partial charge in [-0.15, -0.1) is 0 Å². The number of benzene rings is 2. The number of nitrogens with zero attached hydrogens (tertiary/aromatic N) is 4. The maximum absolute atomic E-state index is 12.3. The van der Waals surface area contributed by atoms with E-state index < -0.39 is 16.9 Å². The van der Waals surface area contributed by atoms with E-state index in [1.54, 1.807) is 0 Å². The lowest BCUT2D eigenvalue weighted by atomic mass is 9.92. The lowest BCUT2D eigenvalue weighted by Gasteiger charge is -2.32. The first kappa shape index (κ1) is 30.6. The summed E-state index contributed by atoms with van der Waals surface area (Å²) in [5.41, 5.74) is 1.85. The molecule has 0 bridgehead atoms. The minimum Gasteiger partial charge on any atom is -0.478 e. The number of nitro benzene ring substituents is 1. The first-order chi connectivity index (χ1) is 19.7. The Labute approximate surface area is 235 Å². The van der Waals surface area contributed by atoms with Crippen LogP contribution < -0.4 is 5.32 Å². The molecular weight excluding hydrogens is 534 g/mol. The molecule has 3 N–H and O–H groups in total. The fourth-order valence-electron chi connectivity index (χ4n) is 4.25. The zero-order valence-electron chi connectivity index (χ0n) is 22.2. The van der Waals surface area contributed by atoms with Gasteiger partial charge in [0.25, 0.3) is 23.3 Å². The van der Waals surface area contributed by atoms with E-state index in [1.165, 1.54) is 42.7 Å². The van der Waals surface area contributed by atoms with E-state index in [1.807, 2.05) is 6.07 Å². The number of aliphatic carboxylic acids is 2. The van der Waals surface area contributed by atoms with Crippen LogP contribution in [0.2, 0.25) is 0 Å². The van der Waals surface area contributed by atoms with E-state index >= 15 is 0 Å². The van der Waals surface area contributed by atoms with Gasteiger partial charge in [0.2, 0.25) is 0 Å². The second-order valence-corrected chi connectivity index (χ2v) is 9.34. The minimum absolute atomic E-state index is 0.0295. The second-order valence-electron chi connectivity index (χ2n) is 9.34. The maximum atomic E-state index is 12.3. The summed E-state index contributed by atoms with van der Waals surface area (Å²) in [7, 11) is 0. The summed E-state index contributed by atoms with van der Waals surface area (Å²) in [6.45, 7) is 3.79. The van der Waals surface area contributed by atoms with Gasteiger partial charge in [0.05, 0.1) is 4.92 Å². The van der Waals surface area contributed by atoms with Gasteiger partial charge in [0, 0.05) is 42.9 Å². The molecule has 0 atom stereocenters. The van der Waals surface area contributed by atoms with Crippen LogP contribution in [0, 0.1) is 16.0 Å². The van der Waals surface area contributed by atoms with E-state index in [0.29, 0.717) is 30.2 Å². The van der Waals surface area contributed by atoms with Crippen molar-refractivity contribution in [2.45, 2.75) is 32.2 Å². The molecule has 1 aliphatic heterocycles. The van der Waals surface area contributed by atoms with Gasteiger partial charge >= 0.3 is 11.9 Å². The van der Waals surface area contributed by atoms with Gasteiger partial charge in [-0.25, -0.2) is 9.59 Å². The average molecular weight is 566 g/mol. The van der Waals surface area contributed by atoms with Gasteiger partial charge in [-0.05, 0) is 62.4 Å². The summed E-state index contributed by atoms with van der Waals surface area (Å²) in [6.07, 6.45) is 5.47. The lowest BCUT2D eigenvalue weighted by Crippen LogP contribution is -2.33. The van der Waals surface area contributed by atoms with Crippen molar-refractivity contribution in [3.63, 3.8) is 0 Å². The average Bonchev–Trinajstić information content (AvgIpc) is 3.47. The standard InChI is InChI=1S/C24H27N5O4.C4H4O4/c30-23(22-26-24(33-27-22)20-8-10-21(11-9-20)29(31)32)25-14-4-7-18-12-15-28(16-13-18)17-19-5-2-1-3-6-19;5-3(6)1-2-4(7)8/h1-3,5-6,8-11,18H,4,7,12-17H2,(H,25,30);1-2H,(H,5,6)(H,7,8)/b;2-1+. The topological polar surface area (TPSA) is 189 Å². The Kier molecular flexibility index (Phi) is 11.7. The van der Waals surface area contributed by atoms with Gasteiger partial charge < -0.3 is 20.1 Å². The molecular formula is C28H31N5O8. The van der Waals surface area contributed by atoms with Crippen LogP contribution in [-0.2, 0) is 16.1 Å². The second kappa shape index (κ2) is 15.6. The van der Waals surface area contributed by atoms with Gasteiger partial charge in [-0.3, -0.25) is 19.8 Å². The Morgan fingerprint density at radius 2 is 1.66 bits per heavy atom. The normalized spacial score (nSPS) is 13.8. The van der Waals surface area contributed by atoms with E-state index in [0.717, 1.165) is 32.5 Å². The molecule has 1 fully saturated rings. The molecule has 1 saturated heterocycles. The highest BCUT2D eigenvalue weighted by atomic mass is 16.6. The minimum atomic E-state index is -1.26. The number of piperidine rings is 1. The zero-order chi connectivity index (χ0) is 29.6. The van der Waals surface area contributed by atoms with Crippen molar-refractivity contribution >= 4 is 23.5 Å². The first-order valence-corrected chi connectivity index (χ1v) is 13.0. The quantitative estimate of drug-likeness (QED) is 0.133. The molecule has 216 valence electrons. The molecule has 3 aromatic rings. The number of hydrogen-bond acceptors (Lipinski definition) is 9. The number of carbonyl (C=O) groups is 3. The number of likely N-dealkylation sites (tertiary alicyclic amines) is 1. The number of nitrogens with one attached hydrogen (secondary N) is 1. The third-order valence-corrected chi connectivity index (χ3v) is 6.35. The Balaban J connectivity index is 0.000000507. The van der Waals surface area contributed by atoms with Crippen LogP contribution in [-0.4, -0.2) is 67.7 Å². The SMILES string of the molecule is O=C(NCCCC1CCN(Cc2ccccc2)CC1)c1noc(-c2ccc([N+](=O)[O-])cc2)n1.O=C(O)/C=C/C(=O)O. The number of carboxylic acid groups (broad SMARTS) is 2. The molecule has 2 aromatic carbocycles. The summed E-state index contributed by atoms with van der Waals surface area (Å²) in [5.74, 6) is -2.10. The van der Waals surface area contributed by atoms with Gasteiger partial charge in [0.15, 0.2) is 0 Å². The predicted molar refractivity (Wildman–Crippen MR) is 147 cm³/mol. The van der Waals surface area contributed by atoms with Crippen molar-refractivity contribution in [3.8, 4) is 11.5 Å². The van der Waals surface area contributed by atoms with Crippen molar-refractivity contribution in [2.75, 3.05) is 19.6 Å². The number of carbonyl (C=O) groups excluding carboxylic acids is 1. The molecule has 0 unspecified atom stereocenters. The summed E-state index contributed by atoms with van der Waals surface area (Å²) >= 11 is 0. The smallest absolute Gasteiger partial charge is 0.328 e.